The quantitative estimate of drug-likeness (QED) is 0.644. The van der Waals surface area contributed by atoms with Crippen molar-refractivity contribution in [1.82, 2.24) is 0 Å². The minimum Gasteiger partial charge on any atom is -0.497 e. The van der Waals surface area contributed by atoms with Gasteiger partial charge in [-0.05, 0) is 35.7 Å². The molecule has 0 fully saturated rings. The summed E-state index contributed by atoms with van der Waals surface area (Å²) in [5, 5.41) is 21.8. The highest BCUT2D eigenvalue weighted by atomic mass is 16.5. The van der Waals surface area contributed by atoms with E-state index in [-0.39, 0.29) is 6.54 Å². The van der Waals surface area contributed by atoms with Gasteiger partial charge in [0.25, 0.3) is 0 Å². The molecule has 1 atom stereocenters. The standard InChI is InChI=1S/C18H22N2O4/c1-11-14(16(22)9-19)7-8-15(18(11)20-17(23)10-21)12-3-5-13(24-2)6-4-12/h3-8,16,21-22H,9-10,19H2,1-2H3,(H,20,23)/t16-/m0/s1. The minimum absolute atomic E-state index is 0.0795. The number of nitrogens with one attached hydrogen (secondary N) is 1. The summed E-state index contributed by atoms with van der Waals surface area (Å²) < 4.78 is 5.16. The SMILES string of the molecule is COc1ccc(-c2ccc([C@@H](O)CN)c(C)c2NC(=O)CO)cc1. The summed E-state index contributed by atoms with van der Waals surface area (Å²) in [6, 6.07) is 11.0. The maximum Gasteiger partial charge on any atom is 0.250 e. The molecule has 6 heteroatoms. The fraction of sp³-hybridized carbons (Fsp3) is 0.278. The van der Waals surface area contributed by atoms with Crippen molar-refractivity contribution in [2.45, 2.75) is 13.0 Å². The Morgan fingerprint density at radius 3 is 2.46 bits per heavy atom. The Morgan fingerprint density at radius 1 is 1.25 bits per heavy atom. The number of carbonyl (C=O) groups is 1. The Hall–Kier alpha value is -2.41. The molecule has 0 saturated heterocycles. The third-order valence-electron chi connectivity index (χ3n) is 3.90. The summed E-state index contributed by atoms with van der Waals surface area (Å²) in [6.07, 6.45) is -0.820. The van der Waals surface area contributed by atoms with Gasteiger partial charge in [0.15, 0.2) is 0 Å². The summed E-state index contributed by atoms with van der Waals surface area (Å²) >= 11 is 0. The normalized spacial score (nSPS) is 11.9. The zero-order valence-electron chi connectivity index (χ0n) is 13.7. The number of benzene rings is 2. The first-order valence-electron chi connectivity index (χ1n) is 7.58. The van der Waals surface area contributed by atoms with Crippen molar-refractivity contribution >= 4 is 11.6 Å². The van der Waals surface area contributed by atoms with Crippen LogP contribution in [0.5, 0.6) is 5.75 Å². The van der Waals surface area contributed by atoms with Crippen molar-refractivity contribution in [3.05, 3.63) is 47.5 Å². The molecule has 5 N–H and O–H groups in total. The van der Waals surface area contributed by atoms with E-state index in [1.54, 1.807) is 20.1 Å². The smallest absolute Gasteiger partial charge is 0.250 e. The van der Waals surface area contributed by atoms with E-state index >= 15 is 0 Å². The number of aliphatic hydroxyl groups is 2. The molecule has 2 aromatic carbocycles. The molecule has 0 bridgehead atoms. The Labute approximate surface area is 140 Å². The second-order valence-electron chi connectivity index (χ2n) is 5.39. The lowest BCUT2D eigenvalue weighted by atomic mass is 9.94. The second kappa shape index (κ2) is 7.92. The fourth-order valence-corrected chi connectivity index (χ4v) is 2.57. The van der Waals surface area contributed by atoms with E-state index in [4.69, 9.17) is 15.6 Å². The van der Waals surface area contributed by atoms with Gasteiger partial charge in [-0.2, -0.15) is 0 Å². The van der Waals surface area contributed by atoms with Crippen LogP contribution in [0.3, 0.4) is 0 Å². The highest BCUT2D eigenvalue weighted by molar-refractivity contribution is 5.97. The average molecular weight is 330 g/mol. The van der Waals surface area contributed by atoms with Gasteiger partial charge in [0.05, 0.1) is 18.9 Å². The van der Waals surface area contributed by atoms with E-state index in [1.807, 2.05) is 30.3 Å². The zero-order valence-corrected chi connectivity index (χ0v) is 13.7. The second-order valence-corrected chi connectivity index (χ2v) is 5.39. The molecular weight excluding hydrogens is 308 g/mol. The summed E-state index contributed by atoms with van der Waals surface area (Å²) in [5.74, 6) is 0.207. The van der Waals surface area contributed by atoms with Crippen LogP contribution in [0.15, 0.2) is 36.4 Å². The number of carbonyl (C=O) groups excluding carboxylic acids is 1. The van der Waals surface area contributed by atoms with E-state index in [2.05, 4.69) is 5.32 Å². The Kier molecular flexibility index (Phi) is 5.92. The van der Waals surface area contributed by atoms with Crippen LogP contribution >= 0.6 is 0 Å². The Balaban J connectivity index is 2.56. The molecule has 0 radical (unpaired) electrons. The number of anilines is 1. The summed E-state index contributed by atoms with van der Waals surface area (Å²) in [5.41, 5.74) is 9.10. The third-order valence-corrected chi connectivity index (χ3v) is 3.90. The molecular formula is C18H22N2O4. The maximum atomic E-state index is 11.7. The highest BCUT2D eigenvalue weighted by Crippen LogP contribution is 2.35. The largest absolute Gasteiger partial charge is 0.497 e. The molecule has 0 heterocycles. The van der Waals surface area contributed by atoms with Gasteiger partial charge in [0.2, 0.25) is 5.91 Å². The van der Waals surface area contributed by atoms with E-state index in [1.165, 1.54) is 0 Å². The third kappa shape index (κ3) is 3.73. The number of aliphatic hydroxyl groups excluding tert-OH is 2. The van der Waals surface area contributed by atoms with Gasteiger partial charge in [0, 0.05) is 12.1 Å². The molecule has 6 nitrogen and oxygen atoms in total. The molecule has 0 aliphatic rings. The molecule has 128 valence electrons. The Morgan fingerprint density at radius 2 is 1.92 bits per heavy atom. The van der Waals surface area contributed by atoms with E-state index in [0.717, 1.165) is 16.9 Å². The fourth-order valence-electron chi connectivity index (χ4n) is 2.57. The monoisotopic (exact) mass is 330 g/mol. The van der Waals surface area contributed by atoms with Crippen LogP contribution in [-0.2, 0) is 4.79 Å². The van der Waals surface area contributed by atoms with Crippen LogP contribution in [0.2, 0.25) is 0 Å². The molecule has 0 saturated carbocycles. The van der Waals surface area contributed by atoms with E-state index < -0.39 is 18.6 Å². The summed E-state index contributed by atoms with van der Waals surface area (Å²) in [4.78, 5) is 11.7. The van der Waals surface area contributed by atoms with E-state index in [9.17, 15) is 9.90 Å². The molecule has 0 aliphatic heterocycles. The molecule has 1 amide bonds. The van der Waals surface area contributed by atoms with Gasteiger partial charge < -0.3 is 26.0 Å². The molecule has 2 rings (SSSR count). The number of rotatable bonds is 6. The van der Waals surface area contributed by atoms with Crippen molar-refractivity contribution in [1.29, 1.82) is 0 Å². The number of methoxy groups -OCH3 is 1. The molecule has 0 aliphatic carbocycles. The number of amides is 1. The van der Waals surface area contributed by atoms with Gasteiger partial charge in [-0.25, -0.2) is 0 Å². The number of hydrogen-bond acceptors (Lipinski definition) is 5. The molecule has 2 aromatic rings. The van der Waals surface area contributed by atoms with Crippen molar-refractivity contribution < 1.29 is 19.7 Å². The highest BCUT2D eigenvalue weighted by Gasteiger charge is 2.17. The number of ether oxygens (including phenoxy) is 1. The van der Waals surface area contributed by atoms with Crippen molar-refractivity contribution in [3.8, 4) is 16.9 Å². The molecule has 0 unspecified atom stereocenters. The zero-order chi connectivity index (χ0) is 17.7. The van der Waals surface area contributed by atoms with Crippen LogP contribution in [0.1, 0.15) is 17.2 Å². The van der Waals surface area contributed by atoms with Gasteiger partial charge in [0.1, 0.15) is 12.4 Å². The predicted octanol–water partition coefficient (Wildman–Crippen LogP) is 1.59. The van der Waals surface area contributed by atoms with Crippen LogP contribution in [0, 0.1) is 6.92 Å². The number of nitrogens with two attached hydrogens (primary N) is 1. The summed E-state index contributed by atoms with van der Waals surface area (Å²) in [7, 11) is 1.59. The van der Waals surface area contributed by atoms with Gasteiger partial charge >= 0.3 is 0 Å². The lowest BCUT2D eigenvalue weighted by Crippen LogP contribution is -2.19. The molecule has 0 aromatic heterocycles. The lowest BCUT2D eigenvalue weighted by Gasteiger charge is -2.19. The topological polar surface area (TPSA) is 105 Å². The minimum atomic E-state index is -0.820. The predicted molar refractivity (Wildman–Crippen MR) is 92.9 cm³/mol. The Bertz CT molecular complexity index is 714. The van der Waals surface area contributed by atoms with Crippen LogP contribution < -0.4 is 15.8 Å². The van der Waals surface area contributed by atoms with Gasteiger partial charge in [-0.15, -0.1) is 0 Å². The van der Waals surface area contributed by atoms with Crippen molar-refractivity contribution in [2.24, 2.45) is 5.73 Å². The van der Waals surface area contributed by atoms with Crippen LogP contribution in [0.25, 0.3) is 11.1 Å². The first kappa shape index (κ1) is 17.9. The molecule has 0 spiro atoms. The van der Waals surface area contributed by atoms with Gasteiger partial charge in [-0.1, -0.05) is 24.3 Å². The van der Waals surface area contributed by atoms with Gasteiger partial charge in [-0.3, -0.25) is 4.79 Å². The van der Waals surface area contributed by atoms with E-state index in [0.29, 0.717) is 16.8 Å². The first-order valence-corrected chi connectivity index (χ1v) is 7.58. The van der Waals surface area contributed by atoms with Crippen molar-refractivity contribution in [3.63, 3.8) is 0 Å². The molecule has 24 heavy (non-hydrogen) atoms. The van der Waals surface area contributed by atoms with Crippen LogP contribution in [-0.4, -0.2) is 36.4 Å². The lowest BCUT2D eigenvalue weighted by molar-refractivity contribution is -0.118. The average Bonchev–Trinajstić information content (AvgIpc) is 2.62. The van der Waals surface area contributed by atoms with Crippen LogP contribution in [0.4, 0.5) is 5.69 Å². The number of hydrogen-bond donors (Lipinski definition) is 4. The van der Waals surface area contributed by atoms with Crippen molar-refractivity contribution in [2.75, 3.05) is 25.6 Å². The first-order chi connectivity index (χ1) is 11.5. The maximum absolute atomic E-state index is 11.7. The summed E-state index contributed by atoms with van der Waals surface area (Å²) in [6.45, 7) is 1.26.